The van der Waals surface area contributed by atoms with Gasteiger partial charge in [0, 0.05) is 18.1 Å². The third-order valence-corrected chi connectivity index (χ3v) is 1.90. The molecule has 0 bridgehead atoms. The highest BCUT2D eigenvalue weighted by atomic mass is 16.5. The monoisotopic (exact) mass is 201 g/mol. The summed E-state index contributed by atoms with van der Waals surface area (Å²) in [5.41, 5.74) is 7.14. The minimum absolute atomic E-state index is 0.0979. The number of aliphatic hydroxyl groups is 1. The quantitative estimate of drug-likeness (QED) is 0.283. The van der Waals surface area contributed by atoms with Gasteiger partial charge < -0.3 is 9.84 Å². The Balaban J connectivity index is 3.49. The molecule has 0 spiro atoms. The van der Waals surface area contributed by atoms with Gasteiger partial charge in [0.15, 0.2) is 0 Å². The first-order valence-electron chi connectivity index (χ1n) is 4.93. The Bertz CT molecular complexity index is 188. The van der Waals surface area contributed by atoms with Crippen molar-refractivity contribution in [2.24, 2.45) is 5.11 Å². The second-order valence-corrected chi connectivity index (χ2v) is 3.60. The Morgan fingerprint density at radius 2 is 2.21 bits per heavy atom. The van der Waals surface area contributed by atoms with E-state index in [1.807, 2.05) is 0 Å². The van der Waals surface area contributed by atoms with Gasteiger partial charge in [0.1, 0.15) is 0 Å². The number of nitrogens with zero attached hydrogens (tertiary/aromatic N) is 3. The molecule has 0 heterocycles. The number of hydrogen-bond donors (Lipinski definition) is 1. The van der Waals surface area contributed by atoms with Crippen LogP contribution in [0, 0.1) is 0 Å². The van der Waals surface area contributed by atoms with Crippen molar-refractivity contribution in [1.82, 2.24) is 0 Å². The maximum absolute atomic E-state index is 9.66. The molecule has 0 saturated carbocycles. The maximum Gasteiger partial charge on any atom is 0.0697 e. The number of hydrogen-bond acceptors (Lipinski definition) is 3. The van der Waals surface area contributed by atoms with Crippen LogP contribution in [0.15, 0.2) is 5.11 Å². The summed E-state index contributed by atoms with van der Waals surface area (Å²) in [4.78, 5) is 2.60. The van der Waals surface area contributed by atoms with E-state index in [2.05, 4.69) is 16.9 Å². The molecule has 0 amide bonds. The lowest BCUT2D eigenvalue weighted by Gasteiger charge is -2.20. The van der Waals surface area contributed by atoms with Crippen LogP contribution in [0.1, 0.15) is 33.1 Å². The van der Waals surface area contributed by atoms with E-state index in [0.717, 1.165) is 19.4 Å². The fourth-order valence-electron chi connectivity index (χ4n) is 0.904. The molecule has 0 aromatic rings. The summed E-state index contributed by atoms with van der Waals surface area (Å²) in [7, 11) is 0. The molecule has 0 aromatic carbocycles. The van der Waals surface area contributed by atoms with Crippen molar-refractivity contribution >= 4 is 0 Å². The molecule has 5 heteroatoms. The highest BCUT2D eigenvalue weighted by Crippen LogP contribution is 2.09. The fourth-order valence-corrected chi connectivity index (χ4v) is 0.904. The molecular formula is C9H19N3O2. The van der Waals surface area contributed by atoms with Crippen LogP contribution in [0.2, 0.25) is 0 Å². The first-order valence-corrected chi connectivity index (χ1v) is 4.93. The van der Waals surface area contributed by atoms with Crippen molar-refractivity contribution in [3.8, 4) is 0 Å². The Morgan fingerprint density at radius 1 is 1.50 bits per heavy atom. The van der Waals surface area contributed by atoms with Gasteiger partial charge in [-0.1, -0.05) is 18.5 Å². The van der Waals surface area contributed by atoms with Crippen molar-refractivity contribution in [1.29, 1.82) is 0 Å². The molecule has 0 aromatic heterocycles. The average Bonchev–Trinajstić information content (AvgIpc) is 2.15. The summed E-state index contributed by atoms with van der Waals surface area (Å²) in [6.07, 6.45) is 2.64. The second kappa shape index (κ2) is 7.62. The summed E-state index contributed by atoms with van der Waals surface area (Å²) >= 11 is 0. The van der Waals surface area contributed by atoms with Crippen LogP contribution in [0.25, 0.3) is 10.4 Å². The summed E-state index contributed by atoms with van der Waals surface area (Å²) < 4.78 is 5.30. The fraction of sp³-hybridized carbons (Fsp3) is 1.00. The Labute approximate surface area is 84.7 Å². The topological polar surface area (TPSA) is 78.2 Å². The van der Waals surface area contributed by atoms with Crippen LogP contribution in [0.4, 0.5) is 0 Å². The molecule has 0 radical (unpaired) electrons. The molecule has 1 atom stereocenters. The van der Waals surface area contributed by atoms with E-state index in [0.29, 0.717) is 13.0 Å². The lowest BCUT2D eigenvalue weighted by molar-refractivity contribution is 0.0205. The first-order chi connectivity index (χ1) is 6.62. The van der Waals surface area contributed by atoms with E-state index >= 15 is 0 Å². The van der Waals surface area contributed by atoms with Crippen molar-refractivity contribution in [3.63, 3.8) is 0 Å². The highest BCUT2D eigenvalue weighted by molar-refractivity contribution is 4.75. The number of ether oxygens (including phenoxy) is 1. The van der Waals surface area contributed by atoms with Crippen molar-refractivity contribution < 1.29 is 9.84 Å². The first kappa shape index (κ1) is 13.2. The molecule has 0 fully saturated rings. The molecule has 0 aliphatic rings. The van der Waals surface area contributed by atoms with E-state index in [-0.39, 0.29) is 6.54 Å². The van der Waals surface area contributed by atoms with E-state index < -0.39 is 5.60 Å². The van der Waals surface area contributed by atoms with Gasteiger partial charge in [0.25, 0.3) is 0 Å². The Morgan fingerprint density at radius 3 is 2.79 bits per heavy atom. The summed E-state index contributed by atoms with van der Waals surface area (Å²) in [6.45, 7) is 5.08. The zero-order valence-electron chi connectivity index (χ0n) is 8.94. The Hall–Kier alpha value is -0.770. The van der Waals surface area contributed by atoms with E-state index in [1.54, 1.807) is 6.92 Å². The van der Waals surface area contributed by atoms with Crippen molar-refractivity contribution in [2.75, 3.05) is 19.8 Å². The third kappa shape index (κ3) is 7.86. The van der Waals surface area contributed by atoms with Crippen molar-refractivity contribution in [2.45, 2.75) is 38.7 Å². The smallest absolute Gasteiger partial charge is 0.0697 e. The molecule has 0 aliphatic carbocycles. The predicted octanol–water partition coefficient (Wildman–Crippen LogP) is 2.25. The summed E-state index contributed by atoms with van der Waals surface area (Å²) in [5.74, 6) is 0. The lowest BCUT2D eigenvalue weighted by atomic mass is 10.0. The minimum Gasteiger partial charge on any atom is -0.390 e. The van der Waals surface area contributed by atoms with Crippen LogP contribution < -0.4 is 0 Å². The third-order valence-electron chi connectivity index (χ3n) is 1.90. The van der Waals surface area contributed by atoms with Gasteiger partial charge in [0.05, 0.1) is 12.1 Å². The van der Waals surface area contributed by atoms with Gasteiger partial charge in [0.2, 0.25) is 0 Å². The zero-order valence-corrected chi connectivity index (χ0v) is 8.94. The largest absolute Gasteiger partial charge is 0.390 e. The second-order valence-electron chi connectivity index (χ2n) is 3.60. The molecule has 0 aliphatic heterocycles. The zero-order chi connectivity index (χ0) is 10.9. The molecule has 1 unspecified atom stereocenters. The lowest BCUT2D eigenvalue weighted by Crippen LogP contribution is -2.29. The molecule has 1 N–H and O–H groups in total. The number of rotatable bonds is 8. The van der Waals surface area contributed by atoms with Gasteiger partial charge >= 0.3 is 0 Å². The van der Waals surface area contributed by atoms with Crippen LogP contribution in [0.3, 0.4) is 0 Å². The normalized spacial score (nSPS) is 14.5. The van der Waals surface area contributed by atoms with Gasteiger partial charge in [-0.25, -0.2) is 0 Å². The molecule has 82 valence electrons. The minimum atomic E-state index is -0.946. The molecule has 5 nitrogen and oxygen atoms in total. The van der Waals surface area contributed by atoms with Crippen molar-refractivity contribution in [3.05, 3.63) is 10.4 Å². The number of azide groups is 1. The molecular weight excluding hydrogens is 182 g/mol. The molecule has 0 saturated heterocycles. The van der Waals surface area contributed by atoms with E-state index in [1.165, 1.54) is 0 Å². The Kier molecular flexibility index (Phi) is 7.20. The van der Waals surface area contributed by atoms with Crippen LogP contribution in [-0.4, -0.2) is 30.5 Å². The maximum atomic E-state index is 9.66. The van der Waals surface area contributed by atoms with Gasteiger partial charge in [-0.05, 0) is 25.3 Å². The SMILES string of the molecule is CCCCOCCC(C)(O)CN=[N+]=[N-]. The number of unbranched alkanes of at least 4 members (excludes halogenated alkanes) is 1. The van der Waals surface area contributed by atoms with E-state index in [9.17, 15) is 5.11 Å². The summed E-state index contributed by atoms with van der Waals surface area (Å²) in [6, 6.07) is 0. The van der Waals surface area contributed by atoms with Gasteiger partial charge in [-0.15, -0.1) is 0 Å². The van der Waals surface area contributed by atoms with Crippen LogP contribution >= 0.6 is 0 Å². The van der Waals surface area contributed by atoms with Crippen LogP contribution in [0.5, 0.6) is 0 Å². The average molecular weight is 201 g/mol. The van der Waals surface area contributed by atoms with Crippen LogP contribution in [-0.2, 0) is 4.74 Å². The standard InChI is InChI=1S/C9H19N3O2/c1-3-4-6-14-7-5-9(2,13)8-11-12-10/h13H,3-8H2,1-2H3. The predicted molar refractivity (Wildman–Crippen MR) is 55.0 cm³/mol. The molecule has 0 rings (SSSR count). The van der Waals surface area contributed by atoms with Gasteiger partial charge in [-0.3, -0.25) is 0 Å². The molecule has 14 heavy (non-hydrogen) atoms. The summed E-state index contributed by atoms with van der Waals surface area (Å²) in [5, 5.41) is 13.0. The van der Waals surface area contributed by atoms with E-state index in [4.69, 9.17) is 10.3 Å². The highest BCUT2D eigenvalue weighted by Gasteiger charge is 2.18. The van der Waals surface area contributed by atoms with Gasteiger partial charge in [-0.2, -0.15) is 0 Å².